The highest BCUT2D eigenvalue weighted by Gasteiger charge is 2.06. The molecule has 5 heteroatoms. The fourth-order valence-electron chi connectivity index (χ4n) is 1.48. The Balaban J connectivity index is 2.13. The Morgan fingerprint density at radius 3 is 2.61 bits per heavy atom. The van der Waals surface area contributed by atoms with Gasteiger partial charge < -0.3 is 11.1 Å². The van der Waals surface area contributed by atoms with Gasteiger partial charge in [0.05, 0.1) is 17.0 Å². The maximum Gasteiger partial charge on any atom is 0.252 e. The van der Waals surface area contributed by atoms with E-state index in [9.17, 15) is 4.79 Å². The lowest BCUT2D eigenvalue weighted by Gasteiger charge is -2.04. The van der Waals surface area contributed by atoms with Gasteiger partial charge in [0.25, 0.3) is 5.91 Å². The highest BCUT2D eigenvalue weighted by molar-refractivity contribution is 5.94. The van der Waals surface area contributed by atoms with Gasteiger partial charge in [-0.15, -0.1) is 0 Å². The van der Waals surface area contributed by atoms with Crippen LogP contribution in [0.1, 0.15) is 10.4 Å². The van der Waals surface area contributed by atoms with E-state index < -0.39 is 0 Å². The molecule has 0 aliphatic carbocycles. The zero-order chi connectivity index (χ0) is 12.8. The lowest BCUT2D eigenvalue weighted by Crippen LogP contribution is -2.29. The molecule has 0 atom stereocenters. The van der Waals surface area contributed by atoms with Crippen LogP contribution in [0.5, 0.6) is 0 Å². The van der Waals surface area contributed by atoms with Crippen LogP contribution >= 0.6 is 0 Å². The van der Waals surface area contributed by atoms with E-state index in [1.807, 2.05) is 18.2 Å². The molecule has 0 bridgehead atoms. The number of nitrogens with one attached hydrogen (secondary N) is 1. The predicted octanol–water partition coefficient (Wildman–Crippen LogP) is 0.832. The normalized spacial score (nSPS) is 10.1. The summed E-state index contributed by atoms with van der Waals surface area (Å²) in [4.78, 5) is 20.0. The molecule has 0 saturated heterocycles. The third-order valence-corrected chi connectivity index (χ3v) is 2.38. The summed E-state index contributed by atoms with van der Waals surface area (Å²) in [6, 6.07) is 9.11. The van der Waals surface area contributed by atoms with Crippen molar-refractivity contribution in [1.29, 1.82) is 0 Å². The summed E-state index contributed by atoms with van der Waals surface area (Å²) in [6.07, 6.45) is 3.24. The molecular weight excluding hydrogens is 228 g/mol. The second-order valence-electron chi connectivity index (χ2n) is 3.69. The summed E-state index contributed by atoms with van der Waals surface area (Å²) in [5, 5.41) is 2.69. The van der Waals surface area contributed by atoms with Crippen molar-refractivity contribution < 1.29 is 4.79 Å². The average molecular weight is 242 g/mol. The number of nitrogens with two attached hydrogens (primary N) is 1. The Kier molecular flexibility index (Phi) is 3.98. The van der Waals surface area contributed by atoms with Crippen LogP contribution in [-0.2, 0) is 0 Å². The fraction of sp³-hybridized carbons (Fsp3) is 0.154. The maximum absolute atomic E-state index is 11.6. The fourth-order valence-corrected chi connectivity index (χ4v) is 1.48. The Labute approximate surface area is 105 Å². The topological polar surface area (TPSA) is 80.9 Å². The molecule has 18 heavy (non-hydrogen) atoms. The first-order chi connectivity index (χ1) is 8.81. The number of carbonyl (C=O) groups is 1. The van der Waals surface area contributed by atoms with Crippen molar-refractivity contribution in [2.45, 2.75) is 0 Å². The molecule has 2 aromatic heterocycles. The van der Waals surface area contributed by atoms with Crippen LogP contribution < -0.4 is 11.1 Å². The number of pyridine rings is 2. The molecule has 2 aromatic rings. The molecular formula is C13H14N4O. The molecule has 92 valence electrons. The zero-order valence-electron chi connectivity index (χ0n) is 9.84. The molecule has 0 aromatic carbocycles. The number of aromatic nitrogens is 2. The molecule has 0 spiro atoms. The molecule has 0 unspecified atom stereocenters. The SMILES string of the molecule is NCCNC(=O)c1ccc(-c2ccccn2)nc1. The van der Waals surface area contributed by atoms with Gasteiger partial charge >= 0.3 is 0 Å². The van der Waals surface area contributed by atoms with E-state index in [4.69, 9.17) is 5.73 Å². The quantitative estimate of drug-likeness (QED) is 0.832. The Morgan fingerprint density at radius 1 is 1.17 bits per heavy atom. The molecule has 0 saturated carbocycles. The first kappa shape index (κ1) is 12.2. The van der Waals surface area contributed by atoms with Crippen LogP contribution in [0.4, 0.5) is 0 Å². The number of nitrogens with zero attached hydrogens (tertiary/aromatic N) is 2. The van der Waals surface area contributed by atoms with Gasteiger partial charge in [-0.1, -0.05) is 6.07 Å². The van der Waals surface area contributed by atoms with Gasteiger partial charge in [0.15, 0.2) is 0 Å². The molecule has 1 amide bonds. The number of amides is 1. The minimum Gasteiger partial charge on any atom is -0.351 e. The molecule has 0 aliphatic heterocycles. The standard InChI is InChI=1S/C13H14N4O/c14-6-8-16-13(18)10-4-5-12(17-9-10)11-3-1-2-7-15-11/h1-5,7,9H,6,8,14H2,(H,16,18). The minimum atomic E-state index is -0.166. The van der Waals surface area contributed by atoms with Gasteiger partial charge in [-0.3, -0.25) is 14.8 Å². The van der Waals surface area contributed by atoms with Crippen LogP contribution in [0.2, 0.25) is 0 Å². The van der Waals surface area contributed by atoms with Crippen molar-refractivity contribution >= 4 is 5.91 Å². The predicted molar refractivity (Wildman–Crippen MR) is 68.9 cm³/mol. The first-order valence-electron chi connectivity index (χ1n) is 5.67. The van der Waals surface area contributed by atoms with Crippen molar-refractivity contribution in [1.82, 2.24) is 15.3 Å². The van der Waals surface area contributed by atoms with Crippen LogP contribution in [0.3, 0.4) is 0 Å². The van der Waals surface area contributed by atoms with Crippen LogP contribution in [0.25, 0.3) is 11.4 Å². The number of rotatable bonds is 4. The lowest BCUT2D eigenvalue weighted by atomic mass is 10.2. The molecule has 0 radical (unpaired) electrons. The number of carbonyl (C=O) groups excluding carboxylic acids is 1. The monoisotopic (exact) mass is 242 g/mol. The van der Waals surface area contributed by atoms with Crippen LogP contribution in [0, 0.1) is 0 Å². The highest BCUT2D eigenvalue weighted by atomic mass is 16.1. The van der Waals surface area contributed by atoms with E-state index in [0.29, 0.717) is 18.7 Å². The summed E-state index contributed by atoms with van der Waals surface area (Å²) in [6.45, 7) is 0.881. The van der Waals surface area contributed by atoms with E-state index >= 15 is 0 Å². The number of hydrogen-bond donors (Lipinski definition) is 2. The zero-order valence-corrected chi connectivity index (χ0v) is 9.84. The molecule has 5 nitrogen and oxygen atoms in total. The smallest absolute Gasteiger partial charge is 0.252 e. The van der Waals surface area contributed by atoms with Gasteiger partial charge in [-0.05, 0) is 24.3 Å². The Morgan fingerprint density at radius 2 is 2.00 bits per heavy atom. The van der Waals surface area contributed by atoms with Crippen molar-refractivity contribution in [3.63, 3.8) is 0 Å². The number of hydrogen-bond acceptors (Lipinski definition) is 4. The molecule has 0 aliphatic rings. The van der Waals surface area contributed by atoms with Gasteiger partial charge in [-0.25, -0.2) is 0 Å². The third-order valence-electron chi connectivity index (χ3n) is 2.38. The van der Waals surface area contributed by atoms with E-state index in [1.165, 1.54) is 6.20 Å². The van der Waals surface area contributed by atoms with E-state index in [-0.39, 0.29) is 5.91 Å². The summed E-state index contributed by atoms with van der Waals surface area (Å²) >= 11 is 0. The largest absolute Gasteiger partial charge is 0.351 e. The van der Waals surface area contributed by atoms with Gasteiger partial charge in [0.2, 0.25) is 0 Å². The second-order valence-corrected chi connectivity index (χ2v) is 3.69. The third kappa shape index (κ3) is 2.89. The first-order valence-corrected chi connectivity index (χ1v) is 5.67. The van der Waals surface area contributed by atoms with Crippen LogP contribution in [0.15, 0.2) is 42.7 Å². The van der Waals surface area contributed by atoms with Crippen molar-refractivity contribution in [3.8, 4) is 11.4 Å². The Hall–Kier alpha value is -2.27. The summed E-state index contributed by atoms with van der Waals surface area (Å²) in [5.41, 5.74) is 7.36. The summed E-state index contributed by atoms with van der Waals surface area (Å²) < 4.78 is 0. The van der Waals surface area contributed by atoms with Crippen molar-refractivity contribution in [2.24, 2.45) is 5.73 Å². The lowest BCUT2D eigenvalue weighted by molar-refractivity contribution is 0.0954. The second kappa shape index (κ2) is 5.88. The average Bonchev–Trinajstić information content (AvgIpc) is 2.46. The summed E-state index contributed by atoms with van der Waals surface area (Å²) in [5.74, 6) is -0.166. The van der Waals surface area contributed by atoms with Crippen LogP contribution in [-0.4, -0.2) is 29.0 Å². The highest BCUT2D eigenvalue weighted by Crippen LogP contribution is 2.13. The van der Waals surface area contributed by atoms with Gasteiger partial charge in [0, 0.05) is 25.5 Å². The van der Waals surface area contributed by atoms with E-state index in [1.54, 1.807) is 18.3 Å². The Bertz CT molecular complexity index is 510. The molecule has 2 heterocycles. The van der Waals surface area contributed by atoms with E-state index in [0.717, 1.165) is 11.4 Å². The summed E-state index contributed by atoms with van der Waals surface area (Å²) in [7, 11) is 0. The molecule has 2 rings (SSSR count). The minimum absolute atomic E-state index is 0.166. The molecule has 3 N–H and O–H groups in total. The van der Waals surface area contributed by atoms with Gasteiger partial charge in [-0.2, -0.15) is 0 Å². The molecule has 0 fully saturated rings. The van der Waals surface area contributed by atoms with E-state index in [2.05, 4.69) is 15.3 Å². The maximum atomic E-state index is 11.6. The van der Waals surface area contributed by atoms with Crippen molar-refractivity contribution in [3.05, 3.63) is 48.3 Å². The van der Waals surface area contributed by atoms with Crippen molar-refractivity contribution in [2.75, 3.05) is 13.1 Å². The van der Waals surface area contributed by atoms with Gasteiger partial charge in [0.1, 0.15) is 0 Å².